The molecular formula is C14H18ClN3O2S. The van der Waals surface area contributed by atoms with Gasteiger partial charge in [-0.3, -0.25) is 4.79 Å². The molecule has 0 aliphatic carbocycles. The van der Waals surface area contributed by atoms with Crippen molar-refractivity contribution in [2.24, 2.45) is 5.73 Å². The maximum Gasteiger partial charge on any atom is 0.270 e. The van der Waals surface area contributed by atoms with E-state index in [2.05, 4.69) is 10.3 Å². The molecule has 0 saturated carbocycles. The molecule has 1 aromatic carbocycles. The third-order valence-electron chi connectivity index (χ3n) is 2.60. The Hall–Kier alpha value is -1.63. The molecule has 1 heterocycles. The number of nitrogens with zero attached hydrogens (tertiary/aromatic N) is 1. The Bertz CT molecular complexity index is 589. The van der Waals surface area contributed by atoms with Gasteiger partial charge in [0, 0.05) is 11.9 Å². The number of aryl methyl sites for hydroxylation is 1. The molecule has 0 spiro atoms. The molecular weight excluding hydrogens is 310 g/mol. The highest BCUT2D eigenvalue weighted by molar-refractivity contribution is 7.09. The monoisotopic (exact) mass is 327 g/mol. The zero-order valence-electron chi connectivity index (χ0n) is 11.7. The Kier molecular flexibility index (Phi) is 7.14. The largest absolute Gasteiger partial charge is 0.492 e. The Morgan fingerprint density at radius 2 is 2.29 bits per heavy atom. The molecule has 1 amide bonds. The van der Waals surface area contributed by atoms with Crippen LogP contribution in [0.25, 0.3) is 0 Å². The number of carbonyl (C=O) groups is 1. The number of hydrogen-bond acceptors (Lipinski definition) is 5. The van der Waals surface area contributed by atoms with Crippen molar-refractivity contribution in [3.8, 4) is 5.75 Å². The summed E-state index contributed by atoms with van der Waals surface area (Å²) in [7, 11) is 0. The SMILES string of the molecule is Cc1cccc(OCCNC(=O)c2csc(CN)n2)c1.Cl. The van der Waals surface area contributed by atoms with Gasteiger partial charge in [-0.2, -0.15) is 0 Å². The fourth-order valence-electron chi connectivity index (χ4n) is 1.64. The normalized spacial score (nSPS) is 9.81. The summed E-state index contributed by atoms with van der Waals surface area (Å²) in [5.41, 5.74) is 7.01. The van der Waals surface area contributed by atoms with E-state index < -0.39 is 0 Å². The summed E-state index contributed by atoms with van der Waals surface area (Å²) in [5.74, 6) is 0.604. The van der Waals surface area contributed by atoms with Crippen LogP contribution in [0.1, 0.15) is 21.1 Å². The Morgan fingerprint density at radius 3 is 2.95 bits per heavy atom. The van der Waals surface area contributed by atoms with Crippen LogP contribution >= 0.6 is 23.7 Å². The van der Waals surface area contributed by atoms with Crippen LogP contribution in [0.5, 0.6) is 5.75 Å². The van der Waals surface area contributed by atoms with Crippen molar-refractivity contribution in [3.63, 3.8) is 0 Å². The molecule has 2 rings (SSSR count). The van der Waals surface area contributed by atoms with Gasteiger partial charge in [0.1, 0.15) is 23.1 Å². The fourth-order valence-corrected chi connectivity index (χ4v) is 2.29. The van der Waals surface area contributed by atoms with Crippen LogP contribution in [0, 0.1) is 6.92 Å². The van der Waals surface area contributed by atoms with E-state index >= 15 is 0 Å². The molecule has 0 atom stereocenters. The summed E-state index contributed by atoms with van der Waals surface area (Å²) in [5, 5.41) is 5.22. The molecule has 5 nitrogen and oxygen atoms in total. The minimum Gasteiger partial charge on any atom is -0.492 e. The number of amides is 1. The predicted octanol–water partition coefficient (Wildman–Crippen LogP) is 2.14. The molecule has 0 saturated heterocycles. The van der Waals surface area contributed by atoms with Crippen LogP contribution in [0.15, 0.2) is 29.6 Å². The second-order valence-corrected chi connectivity index (χ2v) is 5.19. The highest BCUT2D eigenvalue weighted by Crippen LogP contribution is 2.12. The van der Waals surface area contributed by atoms with Crippen LogP contribution in [0.2, 0.25) is 0 Å². The minimum atomic E-state index is -0.200. The van der Waals surface area contributed by atoms with Crippen molar-refractivity contribution in [3.05, 3.63) is 45.9 Å². The molecule has 7 heteroatoms. The Morgan fingerprint density at radius 1 is 1.48 bits per heavy atom. The van der Waals surface area contributed by atoms with Gasteiger partial charge in [-0.05, 0) is 24.6 Å². The third-order valence-corrected chi connectivity index (χ3v) is 3.48. The number of nitrogens with two attached hydrogens (primary N) is 1. The van der Waals surface area contributed by atoms with E-state index in [4.69, 9.17) is 10.5 Å². The summed E-state index contributed by atoms with van der Waals surface area (Å²) in [6.45, 7) is 3.21. The summed E-state index contributed by atoms with van der Waals surface area (Å²) < 4.78 is 5.55. The van der Waals surface area contributed by atoms with E-state index in [-0.39, 0.29) is 18.3 Å². The molecule has 0 aliphatic rings. The Balaban J connectivity index is 0.00000220. The molecule has 0 unspecified atom stereocenters. The standard InChI is InChI=1S/C14H17N3O2S.ClH/c1-10-3-2-4-11(7-10)19-6-5-16-14(18)12-9-20-13(8-15)17-12;/h2-4,7,9H,5-6,8,15H2,1H3,(H,16,18);1H. The van der Waals surface area contributed by atoms with Crippen molar-refractivity contribution in [1.29, 1.82) is 0 Å². The van der Waals surface area contributed by atoms with Gasteiger partial charge in [0.25, 0.3) is 5.91 Å². The molecule has 0 fully saturated rings. The van der Waals surface area contributed by atoms with Gasteiger partial charge in [-0.15, -0.1) is 23.7 Å². The van der Waals surface area contributed by atoms with Gasteiger partial charge in [0.15, 0.2) is 0 Å². The van der Waals surface area contributed by atoms with Crippen LogP contribution in [0.4, 0.5) is 0 Å². The van der Waals surface area contributed by atoms with Crippen LogP contribution in [-0.4, -0.2) is 24.0 Å². The maximum absolute atomic E-state index is 11.8. The van der Waals surface area contributed by atoms with Gasteiger partial charge in [-0.1, -0.05) is 12.1 Å². The van der Waals surface area contributed by atoms with Gasteiger partial charge >= 0.3 is 0 Å². The van der Waals surface area contributed by atoms with E-state index in [0.29, 0.717) is 25.4 Å². The molecule has 0 aliphatic heterocycles. The highest BCUT2D eigenvalue weighted by atomic mass is 35.5. The van der Waals surface area contributed by atoms with Gasteiger partial charge in [-0.25, -0.2) is 4.98 Å². The first-order valence-electron chi connectivity index (χ1n) is 6.31. The number of aromatic nitrogens is 1. The number of halogens is 1. The van der Waals surface area contributed by atoms with Gasteiger partial charge in [0.2, 0.25) is 0 Å². The second-order valence-electron chi connectivity index (χ2n) is 4.25. The zero-order valence-corrected chi connectivity index (χ0v) is 13.3. The number of nitrogens with one attached hydrogen (secondary N) is 1. The lowest BCUT2D eigenvalue weighted by Crippen LogP contribution is -2.28. The quantitative estimate of drug-likeness (QED) is 0.797. The highest BCUT2D eigenvalue weighted by Gasteiger charge is 2.09. The maximum atomic E-state index is 11.8. The van der Waals surface area contributed by atoms with E-state index in [9.17, 15) is 4.79 Å². The molecule has 0 radical (unpaired) electrons. The number of benzene rings is 1. The van der Waals surface area contributed by atoms with Gasteiger partial charge < -0.3 is 15.8 Å². The van der Waals surface area contributed by atoms with E-state index in [1.54, 1.807) is 5.38 Å². The summed E-state index contributed by atoms with van der Waals surface area (Å²) in [6, 6.07) is 7.79. The first-order valence-corrected chi connectivity index (χ1v) is 7.19. The molecule has 0 bridgehead atoms. The Labute approximate surface area is 133 Å². The molecule has 2 aromatic rings. The summed E-state index contributed by atoms with van der Waals surface area (Å²) >= 11 is 1.39. The average molecular weight is 328 g/mol. The number of ether oxygens (including phenoxy) is 1. The zero-order chi connectivity index (χ0) is 14.4. The van der Waals surface area contributed by atoms with Crippen molar-refractivity contribution in [2.45, 2.75) is 13.5 Å². The lowest BCUT2D eigenvalue weighted by Gasteiger charge is -2.07. The van der Waals surface area contributed by atoms with Gasteiger partial charge in [0.05, 0.1) is 6.54 Å². The van der Waals surface area contributed by atoms with Crippen molar-refractivity contribution >= 4 is 29.7 Å². The van der Waals surface area contributed by atoms with Crippen molar-refractivity contribution in [2.75, 3.05) is 13.2 Å². The van der Waals surface area contributed by atoms with Crippen molar-refractivity contribution in [1.82, 2.24) is 10.3 Å². The minimum absolute atomic E-state index is 0. The number of thiazole rings is 1. The summed E-state index contributed by atoms with van der Waals surface area (Å²) in [6.07, 6.45) is 0. The number of rotatable bonds is 6. The second kappa shape index (κ2) is 8.61. The topological polar surface area (TPSA) is 77.2 Å². The van der Waals surface area contributed by atoms with E-state index in [1.807, 2.05) is 31.2 Å². The number of hydrogen-bond donors (Lipinski definition) is 2. The smallest absolute Gasteiger partial charge is 0.270 e. The molecule has 114 valence electrons. The number of carbonyl (C=O) groups excluding carboxylic acids is 1. The predicted molar refractivity (Wildman–Crippen MR) is 86.3 cm³/mol. The van der Waals surface area contributed by atoms with Crippen LogP contribution in [-0.2, 0) is 6.54 Å². The molecule has 1 aromatic heterocycles. The van der Waals surface area contributed by atoms with E-state index in [0.717, 1.165) is 16.3 Å². The molecule has 3 N–H and O–H groups in total. The average Bonchev–Trinajstić information content (AvgIpc) is 2.92. The van der Waals surface area contributed by atoms with E-state index in [1.165, 1.54) is 11.3 Å². The first-order chi connectivity index (χ1) is 9.69. The third kappa shape index (κ3) is 5.34. The summed E-state index contributed by atoms with van der Waals surface area (Å²) in [4.78, 5) is 15.9. The lowest BCUT2D eigenvalue weighted by atomic mass is 10.2. The van der Waals surface area contributed by atoms with Crippen molar-refractivity contribution < 1.29 is 9.53 Å². The fraction of sp³-hybridized carbons (Fsp3) is 0.286. The first kappa shape index (κ1) is 17.4. The van der Waals surface area contributed by atoms with Crippen LogP contribution in [0.3, 0.4) is 0 Å². The van der Waals surface area contributed by atoms with Crippen LogP contribution < -0.4 is 15.8 Å². The molecule has 21 heavy (non-hydrogen) atoms. The lowest BCUT2D eigenvalue weighted by molar-refractivity contribution is 0.0942.